The van der Waals surface area contributed by atoms with E-state index in [0.717, 1.165) is 32.7 Å². The Hall–Kier alpha value is -1.99. The Balaban J connectivity index is 1.60. The fourth-order valence-corrected chi connectivity index (χ4v) is 3.49. The van der Waals surface area contributed by atoms with Crippen molar-refractivity contribution in [1.29, 1.82) is 0 Å². The molecular formula is C17H22N4O2S. The van der Waals surface area contributed by atoms with Crippen LogP contribution in [0.5, 0.6) is 0 Å². The van der Waals surface area contributed by atoms with E-state index in [1.54, 1.807) is 24.5 Å². The molecule has 1 aliphatic rings. The van der Waals surface area contributed by atoms with Crippen molar-refractivity contribution in [2.24, 2.45) is 0 Å². The van der Waals surface area contributed by atoms with Gasteiger partial charge in [-0.25, -0.2) is 14.8 Å². The number of carbonyl (C=O) groups excluding carboxylic acids is 1. The maximum atomic E-state index is 11.8. The first kappa shape index (κ1) is 16.9. The molecule has 0 radical (unpaired) electrons. The van der Waals surface area contributed by atoms with Crippen molar-refractivity contribution >= 4 is 23.3 Å². The SMILES string of the molecule is CCOC(=O)c1cnc(N2CCN(Cc3cccs3)CC2)nc1C. The summed E-state index contributed by atoms with van der Waals surface area (Å²) in [5.41, 5.74) is 1.11. The first-order valence-electron chi connectivity index (χ1n) is 8.18. The third-order valence-electron chi connectivity index (χ3n) is 4.08. The van der Waals surface area contributed by atoms with E-state index in [0.29, 0.717) is 23.8 Å². The molecule has 24 heavy (non-hydrogen) atoms. The molecule has 0 spiro atoms. The minimum Gasteiger partial charge on any atom is -0.462 e. The van der Waals surface area contributed by atoms with E-state index in [1.807, 2.05) is 6.92 Å². The number of hydrogen-bond donors (Lipinski definition) is 0. The van der Waals surface area contributed by atoms with Crippen molar-refractivity contribution < 1.29 is 9.53 Å². The smallest absolute Gasteiger partial charge is 0.341 e. The second-order valence-corrected chi connectivity index (χ2v) is 6.76. The lowest BCUT2D eigenvalue weighted by atomic mass is 10.2. The quantitative estimate of drug-likeness (QED) is 0.775. The first-order valence-corrected chi connectivity index (χ1v) is 9.05. The molecule has 128 valence electrons. The molecule has 2 aromatic rings. The Kier molecular flexibility index (Phi) is 5.42. The Morgan fingerprint density at radius 1 is 1.33 bits per heavy atom. The van der Waals surface area contributed by atoms with Gasteiger partial charge in [0.25, 0.3) is 0 Å². The molecule has 0 aromatic carbocycles. The molecule has 0 aliphatic carbocycles. The lowest BCUT2D eigenvalue weighted by Crippen LogP contribution is -2.46. The number of nitrogens with zero attached hydrogens (tertiary/aromatic N) is 4. The second kappa shape index (κ2) is 7.72. The van der Waals surface area contributed by atoms with Crippen molar-refractivity contribution in [2.45, 2.75) is 20.4 Å². The van der Waals surface area contributed by atoms with Crippen LogP contribution in [0.15, 0.2) is 23.7 Å². The summed E-state index contributed by atoms with van der Waals surface area (Å²) in [4.78, 5) is 26.7. The van der Waals surface area contributed by atoms with Gasteiger partial charge in [0.2, 0.25) is 5.95 Å². The maximum Gasteiger partial charge on any atom is 0.341 e. The van der Waals surface area contributed by atoms with E-state index in [2.05, 4.69) is 37.3 Å². The van der Waals surface area contributed by atoms with Gasteiger partial charge in [-0.05, 0) is 25.3 Å². The van der Waals surface area contributed by atoms with Crippen molar-refractivity contribution in [3.05, 3.63) is 39.8 Å². The van der Waals surface area contributed by atoms with E-state index in [-0.39, 0.29) is 5.97 Å². The molecule has 7 heteroatoms. The molecule has 0 bridgehead atoms. The fourth-order valence-electron chi connectivity index (χ4n) is 2.75. The highest BCUT2D eigenvalue weighted by molar-refractivity contribution is 7.09. The molecule has 1 fully saturated rings. The molecule has 0 N–H and O–H groups in total. The van der Waals surface area contributed by atoms with Gasteiger partial charge in [-0.2, -0.15) is 0 Å². The first-order chi connectivity index (χ1) is 11.7. The molecule has 0 unspecified atom stereocenters. The number of aryl methyl sites for hydroxylation is 1. The zero-order chi connectivity index (χ0) is 16.9. The van der Waals surface area contributed by atoms with Gasteiger partial charge in [0, 0.05) is 43.8 Å². The lowest BCUT2D eigenvalue weighted by Gasteiger charge is -2.34. The number of aromatic nitrogens is 2. The third-order valence-corrected chi connectivity index (χ3v) is 4.94. The Morgan fingerprint density at radius 3 is 2.75 bits per heavy atom. The van der Waals surface area contributed by atoms with Gasteiger partial charge < -0.3 is 9.64 Å². The summed E-state index contributed by atoms with van der Waals surface area (Å²) in [5, 5.41) is 2.12. The molecule has 3 rings (SSSR count). The van der Waals surface area contributed by atoms with Crippen molar-refractivity contribution in [3.8, 4) is 0 Å². The zero-order valence-corrected chi connectivity index (χ0v) is 14.9. The Morgan fingerprint density at radius 2 is 2.12 bits per heavy atom. The minimum atomic E-state index is -0.359. The molecule has 0 atom stereocenters. The third kappa shape index (κ3) is 3.91. The van der Waals surface area contributed by atoms with Crippen molar-refractivity contribution in [1.82, 2.24) is 14.9 Å². The average Bonchev–Trinajstić information content (AvgIpc) is 3.08. The van der Waals surface area contributed by atoms with Crippen LogP contribution in [-0.2, 0) is 11.3 Å². The van der Waals surface area contributed by atoms with Crippen molar-refractivity contribution in [2.75, 3.05) is 37.7 Å². The van der Waals surface area contributed by atoms with E-state index < -0.39 is 0 Å². The summed E-state index contributed by atoms with van der Waals surface area (Å²) < 4.78 is 5.02. The van der Waals surface area contributed by atoms with Crippen LogP contribution in [0.25, 0.3) is 0 Å². The Bertz CT molecular complexity index is 682. The van der Waals surface area contributed by atoms with Crippen LogP contribution in [0.3, 0.4) is 0 Å². The van der Waals surface area contributed by atoms with Crippen LogP contribution in [-0.4, -0.2) is 53.6 Å². The monoisotopic (exact) mass is 346 g/mol. The molecule has 2 aromatic heterocycles. The summed E-state index contributed by atoms with van der Waals surface area (Å²) >= 11 is 1.80. The predicted octanol–water partition coefficient (Wildman–Crippen LogP) is 2.35. The molecule has 0 amide bonds. The highest BCUT2D eigenvalue weighted by Gasteiger charge is 2.21. The van der Waals surface area contributed by atoms with E-state index in [4.69, 9.17) is 4.74 Å². The van der Waals surface area contributed by atoms with Crippen molar-refractivity contribution in [3.63, 3.8) is 0 Å². The summed E-state index contributed by atoms with van der Waals surface area (Å²) in [7, 11) is 0. The Labute approximate surface area is 146 Å². The molecule has 1 aliphatic heterocycles. The average molecular weight is 346 g/mol. The number of esters is 1. The van der Waals surface area contributed by atoms with Crippen LogP contribution in [0.1, 0.15) is 27.9 Å². The topological polar surface area (TPSA) is 58.6 Å². The summed E-state index contributed by atoms with van der Waals surface area (Å²) in [6, 6.07) is 4.27. The van der Waals surface area contributed by atoms with E-state index in [1.165, 1.54) is 4.88 Å². The standard InChI is InChI=1S/C17H22N4O2S/c1-3-23-16(22)15-11-18-17(19-13(15)2)21-8-6-20(7-9-21)12-14-5-4-10-24-14/h4-5,10-11H,3,6-9,12H2,1-2H3. The van der Waals surface area contributed by atoms with Crippen LogP contribution >= 0.6 is 11.3 Å². The van der Waals surface area contributed by atoms with Gasteiger partial charge in [-0.1, -0.05) is 6.07 Å². The molecular weight excluding hydrogens is 324 g/mol. The number of piperazine rings is 1. The molecule has 1 saturated heterocycles. The number of carbonyl (C=O) groups is 1. The number of ether oxygens (including phenoxy) is 1. The predicted molar refractivity (Wildman–Crippen MR) is 94.5 cm³/mol. The highest BCUT2D eigenvalue weighted by Crippen LogP contribution is 2.17. The van der Waals surface area contributed by atoms with E-state index >= 15 is 0 Å². The maximum absolute atomic E-state index is 11.8. The number of anilines is 1. The summed E-state index contributed by atoms with van der Waals surface area (Å²) in [6.45, 7) is 8.73. The van der Waals surface area contributed by atoms with Crippen LogP contribution in [0, 0.1) is 6.92 Å². The largest absolute Gasteiger partial charge is 0.462 e. The molecule has 3 heterocycles. The zero-order valence-electron chi connectivity index (χ0n) is 14.1. The van der Waals surface area contributed by atoms with Gasteiger partial charge >= 0.3 is 5.97 Å². The van der Waals surface area contributed by atoms with Gasteiger partial charge in [-0.3, -0.25) is 4.90 Å². The van der Waals surface area contributed by atoms with Gasteiger partial charge in [0.1, 0.15) is 0 Å². The number of hydrogen-bond acceptors (Lipinski definition) is 7. The van der Waals surface area contributed by atoms with Gasteiger partial charge in [0.05, 0.1) is 17.9 Å². The highest BCUT2D eigenvalue weighted by atomic mass is 32.1. The minimum absolute atomic E-state index is 0.353. The lowest BCUT2D eigenvalue weighted by molar-refractivity contribution is 0.0524. The summed E-state index contributed by atoms with van der Waals surface area (Å²) in [5.74, 6) is 0.332. The van der Waals surface area contributed by atoms with E-state index in [9.17, 15) is 4.79 Å². The van der Waals surface area contributed by atoms with Gasteiger partial charge in [0.15, 0.2) is 0 Å². The number of rotatable bonds is 5. The van der Waals surface area contributed by atoms with Gasteiger partial charge in [-0.15, -0.1) is 11.3 Å². The number of thiophene rings is 1. The second-order valence-electron chi connectivity index (χ2n) is 5.73. The molecule has 6 nitrogen and oxygen atoms in total. The molecule has 0 saturated carbocycles. The fraction of sp³-hybridized carbons (Fsp3) is 0.471. The normalized spacial score (nSPS) is 15.5. The van der Waals surface area contributed by atoms with Crippen LogP contribution in [0.2, 0.25) is 0 Å². The summed E-state index contributed by atoms with van der Waals surface area (Å²) in [6.07, 6.45) is 1.58. The van der Waals surface area contributed by atoms with Crippen LogP contribution < -0.4 is 4.90 Å². The van der Waals surface area contributed by atoms with Crippen LogP contribution in [0.4, 0.5) is 5.95 Å².